The van der Waals surface area contributed by atoms with Crippen LogP contribution in [0, 0.1) is 0 Å². The van der Waals surface area contributed by atoms with Crippen molar-refractivity contribution in [2.75, 3.05) is 19.6 Å². The monoisotopic (exact) mass is 397 g/mol. The van der Waals surface area contributed by atoms with E-state index in [2.05, 4.69) is 14.9 Å². The Kier molecular flexibility index (Phi) is 5.49. The Morgan fingerprint density at radius 1 is 1.11 bits per heavy atom. The number of nitrogens with one attached hydrogen (secondary N) is 1. The number of aryl methyl sites for hydroxylation is 1. The van der Waals surface area contributed by atoms with Gasteiger partial charge >= 0.3 is 0 Å². The Labute approximate surface area is 169 Å². The molecule has 1 aromatic heterocycles. The van der Waals surface area contributed by atoms with Crippen molar-refractivity contribution in [3.63, 3.8) is 0 Å². The van der Waals surface area contributed by atoms with E-state index in [1.165, 1.54) is 0 Å². The van der Waals surface area contributed by atoms with Crippen LogP contribution >= 0.6 is 11.6 Å². The first-order valence-corrected chi connectivity index (χ1v) is 10.1. The summed E-state index contributed by atoms with van der Waals surface area (Å²) < 4.78 is 0. The number of piperidine rings is 1. The lowest BCUT2D eigenvalue weighted by Gasteiger charge is -2.38. The molecular weight excluding hydrogens is 374 g/mol. The number of aromatic nitrogens is 2. The SMILES string of the molecule is O=c1[nH]c(CCCN2CCC(O)(c3ccccc3)CC2)nc2cccc(Cl)c12. The molecule has 1 fully saturated rings. The highest BCUT2D eigenvalue weighted by atomic mass is 35.5. The van der Waals surface area contributed by atoms with Gasteiger partial charge in [0.05, 0.1) is 21.5 Å². The predicted octanol–water partition coefficient (Wildman–Crippen LogP) is 3.49. The molecule has 0 amide bonds. The van der Waals surface area contributed by atoms with Gasteiger partial charge in [-0.25, -0.2) is 4.98 Å². The normalized spacial score (nSPS) is 17.1. The number of benzene rings is 2. The van der Waals surface area contributed by atoms with Crippen molar-refractivity contribution in [2.24, 2.45) is 0 Å². The van der Waals surface area contributed by atoms with E-state index in [4.69, 9.17) is 11.6 Å². The number of likely N-dealkylation sites (tertiary alicyclic amines) is 1. The molecule has 28 heavy (non-hydrogen) atoms. The average molecular weight is 398 g/mol. The number of H-pyrrole nitrogens is 1. The van der Waals surface area contributed by atoms with Gasteiger partial charge in [-0.15, -0.1) is 0 Å². The summed E-state index contributed by atoms with van der Waals surface area (Å²) in [5, 5.41) is 11.8. The molecule has 3 aromatic rings. The zero-order valence-electron chi connectivity index (χ0n) is 15.7. The third kappa shape index (κ3) is 3.97. The van der Waals surface area contributed by atoms with Crippen molar-refractivity contribution in [2.45, 2.75) is 31.3 Å². The highest BCUT2D eigenvalue weighted by Gasteiger charge is 2.33. The van der Waals surface area contributed by atoms with Crippen LogP contribution in [0.4, 0.5) is 0 Å². The van der Waals surface area contributed by atoms with Crippen molar-refractivity contribution >= 4 is 22.5 Å². The summed E-state index contributed by atoms with van der Waals surface area (Å²) in [4.78, 5) is 22.0. The summed E-state index contributed by atoms with van der Waals surface area (Å²) in [7, 11) is 0. The van der Waals surface area contributed by atoms with E-state index in [-0.39, 0.29) is 5.56 Å². The molecule has 1 saturated heterocycles. The summed E-state index contributed by atoms with van der Waals surface area (Å²) >= 11 is 6.10. The third-order valence-electron chi connectivity index (χ3n) is 5.61. The number of halogens is 1. The van der Waals surface area contributed by atoms with Crippen molar-refractivity contribution in [1.29, 1.82) is 0 Å². The lowest BCUT2D eigenvalue weighted by molar-refractivity contribution is -0.0260. The van der Waals surface area contributed by atoms with Crippen LogP contribution in [-0.4, -0.2) is 39.6 Å². The second kappa shape index (κ2) is 8.03. The molecule has 0 saturated carbocycles. The zero-order valence-corrected chi connectivity index (χ0v) is 16.5. The average Bonchev–Trinajstić information content (AvgIpc) is 2.70. The minimum atomic E-state index is -0.720. The van der Waals surface area contributed by atoms with Gasteiger partial charge in [-0.05, 0) is 43.5 Å². The fourth-order valence-electron chi connectivity index (χ4n) is 3.97. The molecule has 0 atom stereocenters. The minimum Gasteiger partial charge on any atom is -0.385 e. The van der Waals surface area contributed by atoms with Crippen LogP contribution in [0.15, 0.2) is 53.3 Å². The summed E-state index contributed by atoms with van der Waals surface area (Å²) in [6.45, 7) is 2.65. The number of aromatic amines is 1. The van der Waals surface area contributed by atoms with E-state index in [0.717, 1.165) is 44.5 Å². The van der Waals surface area contributed by atoms with Crippen molar-refractivity contribution in [3.05, 3.63) is 75.3 Å². The molecule has 1 aliphatic rings. The maximum absolute atomic E-state index is 12.3. The van der Waals surface area contributed by atoms with Crippen LogP contribution in [0.25, 0.3) is 10.9 Å². The molecule has 5 nitrogen and oxygen atoms in total. The maximum Gasteiger partial charge on any atom is 0.260 e. The molecule has 0 aliphatic carbocycles. The fraction of sp³-hybridized carbons (Fsp3) is 0.364. The Bertz CT molecular complexity index is 1010. The zero-order chi connectivity index (χ0) is 19.6. The van der Waals surface area contributed by atoms with E-state index in [1.807, 2.05) is 42.5 Å². The summed E-state index contributed by atoms with van der Waals surface area (Å²) in [6.07, 6.45) is 3.08. The Balaban J connectivity index is 1.33. The first-order chi connectivity index (χ1) is 13.5. The van der Waals surface area contributed by atoms with Gasteiger partial charge in [-0.1, -0.05) is 48.0 Å². The summed E-state index contributed by atoms with van der Waals surface area (Å²) in [6, 6.07) is 15.3. The van der Waals surface area contributed by atoms with Crippen LogP contribution in [0.2, 0.25) is 5.02 Å². The van der Waals surface area contributed by atoms with Crippen molar-refractivity contribution < 1.29 is 5.11 Å². The van der Waals surface area contributed by atoms with E-state index in [9.17, 15) is 9.90 Å². The van der Waals surface area contributed by atoms with Gasteiger partial charge in [0.1, 0.15) is 5.82 Å². The number of hydrogen-bond acceptors (Lipinski definition) is 4. The third-order valence-corrected chi connectivity index (χ3v) is 5.93. The molecule has 4 rings (SSSR count). The van der Waals surface area contributed by atoms with E-state index in [1.54, 1.807) is 6.07 Å². The second-order valence-electron chi connectivity index (χ2n) is 7.49. The number of rotatable bonds is 5. The molecule has 2 heterocycles. The number of fused-ring (bicyclic) bond motifs is 1. The summed E-state index contributed by atoms with van der Waals surface area (Å²) in [5.41, 5.74) is 0.738. The maximum atomic E-state index is 12.3. The molecule has 0 bridgehead atoms. The molecule has 0 unspecified atom stereocenters. The molecule has 146 valence electrons. The van der Waals surface area contributed by atoms with Crippen LogP contribution in [0.1, 0.15) is 30.7 Å². The number of nitrogens with zero attached hydrogens (tertiary/aromatic N) is 2. The van der Waals surface area contributed by atoms with Gasteiger partial charge in [0.25, 0.3) is 5.56 Å². The Morgan fingerprint density at radius 3 is 2.61 bits per heavy atom. The van der Waals surface area contributed by atoms with Gasteiger partial charge < -0.3 is 15.0 Å². The molecule has 2 aromatic carbocycles. The first-order valence-electron chi connectivity index (χ1n) is 9.73. The van der Waals surface area contributed by atoms with Crippen LogP contribution in [0.5, 0.6) is 0 Å². The predicted molar refractivity (Wildman–Crippen MR) is 112 cm³/mol. The largest absolute Gasteiger partial charge is 0.385 e. The van der Waals surface area contributed by atoms with E-state index in [0.29, 0.717) is 28.2 Å². The smallest absolute Gasteiger partial charge is 0.260 e. The highest BCUT2D eigenvalue weighted by molar-refractivity contribution is 6.35. The van der Waals surface area contributed by atoms with E-state index < -0.39 is 5.60 Å². The fourth-order valence-corrected chi connectivity index (χ4v) is 4.23. The van der Waals surface area contributed by atoms with Crippen molar-refractivity contribution in [3.8, 4) is 0 Å². The summed E-state index contributed by atoms with van der Waals surface area (Å²) in [5.74, 6) is 0.692. The molecule has 0 spiro atoms. The van der Waals surface area contributed by atoms with Gasteiger partial charge in [-0.3, -0.25) is 4.79 Å². The van der Waals surface area contributed by atoms with Gasteiger partial charge in [0.2, 0.25) is 0 Å². The van der Waals surface area contributed by atoms with Crippen LogP contribution < -0.4 is 5.56 Å². The molecule has 2 N–H and O–H groups in total. The quantitative estimate of drug-likeness (QED) is 0.691. The topological polar surface area (TPSA) is 69.2 Å². The number of aliphatic hydroxyl groups is 1. The standard InChI is InChI=1S/C22H24ClN3O2/c23-17-8-4-9-18-20(17)21(27)25-19(24-18)10-5-13-26-14-11-22(28,12-15-26)16-6-2-1-3-7-16/h1-4,6-9,28H,5,10-15H2,(H,24,25,27). The Hall–Kier alpha value is -2.21. The lowest BCUT2D eigenvalue weighted by atomic mass is 9.84. The van der Waals surface area contributed by atoms with Gasteiger partial charge in [0, 0.05) is 19.5 Å². The van der Waals surface area contributed by atoms with Gasteiger partial charge in [-0.2, -0.15) is 0 Å². The Morgan fingerprint density at radius 2 is 1.86 bits per heavy atom. The molecule has 0 radical (unpaired) electrons. The van der Waals surface area contributed by atoms with Crippen LogP contribution in [0.3, 0.4) is 0 Å². The number of hydrogen-bond donors (Lipinski definition) is 2. The van der Waals surface area contributed by atoms with E-state index >= 15 is 0 Å². The lowest BCUT2D eigenvalue weighted by Crippen LogP contribution is -2.42. The highest BCUT2D eigenvalue weighted by Crippen LogP contribution is 2.32. The second-order valence-corrected chi connectivity index (χ2v) is 7.90. The van der Waals surface area contributed by atoms with Crippen LogP contribution in [-0.2, 0) is 12.0 Å². The molecular formula is C22H24ClN3O2. The van der Waals surface area contributed by atoms with Crippen molar-refractivity contribution in [1.82, 2.24) is 14.9 Å². The minimum absolute atomic E-state index is 0.184. The first kappa shape index (κ1) is 19.1. The van der Waals surface area contributed by atoms with Gasteiger partial charge in [0.15, 0.2) is 0 Å². The molecule has 1 aliphatic heterocycles. The molecule has 6 heteroatoms.